The van der Waals surface area contributed by atoms with Gasteiger partial charge in [0.05, 0.1) is 22.3 Å². The van der Waals surface area contributed by atoms with Gasteiger partial charge in [-0.3, -0.25) is 4.79 Å². The first-order chi connectivity index (χ1) is 10.0. The monoisotopic (exact) mass is 306 g/mol. The zero-order valence-electron chi connectivity index (χ0n) is 11.8. The van der Waals surface area contributed by atoms with Crippen LogP contribution in [-0.2, 0) is 14.6 Å². The lowest BCUT2D eigenvalue weighted by Gasteiger charge is -2.20. The molecule has 0 bridgehead atoms. The van der Waals surface area contributed by atoms with Crippen molar-refractivity contribution in [1.82, 2.24) is 4.90 Å². The van der Waals surface area contributed by atoms with Gasteiger partial charge in [0, 0.05) is 19.5 Å². The van der Waals surface area contributed by atoms with Crippen LogP contribution in [0.5, 0.6) is 0 Å². The lowest BCUT2D eigenvalue weighted by Crippen LogP contribution is -2.34. The van der Waals surface area contributed by atoms with Crippen LogP contribution in [0.3, 0.4) is 0 Å². The highest BCUT2D eigenvalue weighted by molar-refractivity contribution is 7.91. The van der Waals surface area contributed by atoms with Gasteiger partial charge < -0.3 is 4.90 Å². The average Bonchev–Trinajstić information content (AvgIpc) is 2.70. The Balaban J connectivity index is 2.03. The molecule has 1 aromatic rings. The van der Waals surface area contributed by atoms with Crippen molar-refractivity contribution in [2.45, 2.75) is 30.6 Å². The van der Waals surface area contributed by atoms with Crippen molar-refractivity contribution >= 4 is 15.7 Å². The van der Waals surface area contributed by atoms with Gasteiger partial charge in [0.1, 0.15) is 0 Å². The van der Waals surface area contributed by atoms with Crippen molar-refractivity contribution in [2.24, 2.45) is 0 Å². The summed E-state index contributed by atoms with van der Waals surface area (Å²) in [4.78, 5) is 13.7. The summed E-state index contributed by atoms with van der Waals surface area (Å²) in [6, 6.07) is 7.82. The normalized spacial score (nSPS) is 16.3. The number of likely N-dealkylation sites (tertiary alicyclic amines) is 1. The number of carbonyl (C=O) groups is 1. The Morgan fingerprint density at radius 3 is 2.52 bits per heavy atom. The molecule has 1 fully saturated rings. The molecule has 6 heteroatoms. The molecule has 1 aliphatic rings. The molecular weight excluding hydrogens is 288 g/mol. The van der Waals surface area contributed by atoms with Crippen molar-refractivity contribution in [1.29, 1.82) is 5.26 Å². The molecule has 21 heavy (non-hydrogen) atoms. The Hall–Kier alpha value is -1.87. The second-order valence-corrected chi connectivity index (χ2v) is 7.26. The van der Waals surface area contributed by atoms with Gasteiger partial charge in [0.15, 0.2) is 9.84 Å². The number of hydrogen-bond donors (Lipinski definition) is 0. The van der Waals surface area contributed by atoms with Crippen LogP contribution in [0.1, 0.15) is 31.2 Å². The van der Waals surface area contributed by atoms with Gasteiger partial charge in [-0.1, -0.05) is 6.42 Å². The third-order valence-electron chi connectivity index (χ3n) is 3.64. The van der Waals surface area contributed by atoms with E-state index in [1.807, 2.05) is 6.07 Å². The highest BCUT2D eigenvalue weighted by atomic mass is 32.2. The summed E-state index contributed by atoms with van der Waals surface area (Å²) in [6.45, 7) is 0.878. The molecule has 1 aromatic carbocycles. The van der Waals surface area contributed by atoms with E-state index >= 15 is 0 Å². The third kappa shape index (κ3) is 4.05. The number of rotatable bonds is 4. The van der Waals surface area contributed by atoms with E-state index in [-0.39, 0.29) is 23.1 Å². The van der Waals surface area contributed by atoms with E-state index in [2.05, 4.69) is 0 Å². The molecule has 0 radical (unpaired) electrons. The fourth-order valence-electron chi connectivity index (χ4n) is 2.36. The molecule has 0 N–H and O–H groups in total. The van der Waals surface area contributed by atoms with E-state index in [1.54, 1.807) is 4.90 Å². The van der Waals surface area contributed by atoms with Gasteiger partial charge >= 0.3 is 0 Å². The summed E-state index contributed by atoms with van der Waals surface area (Å²) >= 11 is 0. The zero-order chi connectivity index (χ0) is 15.3. The highest BCUT2D eigenvalue weighted by Crippen LogP contribution is 2.15. The van der Waals surface area contributed by atoms with Crippen LogP contribution in [0.25, 0.3) is 0 Å². The lowest BCUT2D eigenvalue weighted by atomic mass is 10.2. The molecular formula is C15H18N2O3S. The first kappa shape index (κ1) is 15.5. The molecule has 2 rings (SSSR count). The Bertz CT molecular complexity index is 644. The summed E-state index contributed by atoms with van der Waals surface area (Å²) in [5.74, 6) is -0.0347. The third-order valence-corrected chi connectivity index (χ3v) is 5.35. The maximum absolute atomic E-state index is 12.2. The number of sulfone groups is 1. The van der Waals surface area contributed by atoms with E-state index in [4.69, 9.17) is 5.26 Å². The Morgan fingerprint density at radius 2 is 1.86 bits per heavy atom. The first-order valence-corrected chi connectivity index (χ1v) is 8.69. The van der Waals surface area contributed by atoms with Crippen molar-refractivity contribution in [2.75, 3.05) is 18.8 Å². The number of carbonyl (C=O) groups excluding carboxylic acids is 1. The van der Waals surface area contributed by atoms with Gasteiger partial charge in [-0.05, 0) is 37.1 Å². The summed E-state index contributed by atoms with van der Waals surface area (Å²) in [7, 11) is -3.42. The first-order valence-electron chi connectivity index (χ1n) is 7.03. The molecule has 0 aliphatic carbocycles. The van der Waals surface area contributed by atoms with Crippen LogP contribution in [0.15, 0.2) is 29.2 Å². The van der Waals surface area contributed by atoms with Crippen LogP contribution in [-0.4, -0.2) is 38.1 Å². The summed E-state index contributed by atoms with van der Waals surface area (Å²) in [5, 5.41) is 8.72. The number of benzene rings is 1. The molecule has 1 saturated heterocycles. The highest BCUT2D eigenvalue weighted by Gasteiger charge is 2.20. The topological polar surface area (TPSA) is 78.2 Å². The maximum atomic E-state index is 12.2. The average molecular weight is 306 g/mol. The Morgan fingerprint density at radius 1 is 1.14 bits per heavy atom. The molecule has 0 aromatic heterocycles. The lowest BCUT2D eigenvalue weighted by molar-refractivity contribution is -0.130. The van der Waals surface area contributed by atoms with Crippen molar-refractivity contribution in [3.05, 3.63) is 29.8 Å². The maximum Gasteiger partial charge on any atom is 0.222 e. The number of hydrogen-bond acceptors (Lipinski definition) is 4. The molecule has 0 atom stereocenters. The van der Waals surface area contributed by atoms with Gasteiger partial charge in [-0.25, -0.2) is 8.42 Å². The Labute approximate surface area is 125 Å². The largest absolute Gasteiger partial charge is 0.342 e. The van der Waals surface area contributed by atoms with Crippen LogP contribution < -0.4 is 0 Å². The molecule has 1 amide bonds. The minimum atomic E-state index is -3.42. The molecule has 1 aliphatic heterocycles. The van der Waals surface area contributed by atoms with Crippen LogP contribution >= 0.6 is 0 Å². The van der Waals surface area contributed by atoms with E-state index in [0.29, 0.717) is 18.5 Å². The SMILES string of the molecule is N#Cc1ccc(S(=O)(=O)CCN2CCCCCC2=O)cc1. The minimum Gasteiger partial charge on any atom is -0.342 e. The fraction of sp³-hybridized carbons (Fsp3) is 0.467. The second-order valence-electron chi connectivity index (χ2n) is 5.15. The predicted molar refractivity (Wildman–Crippen MR) is 78.3 cm³/mol. The smallest absolute Gasteiger partial charge is 0.222 e. The predicted octanol–water partition coefficient (Wildman–Crippen LogP) is 1.73. The van der Waals surface area contributed by atoms with Crippen LogP contribution in [0.4, 0.5) is 0 Å². The number of nitrogens with zero attached hydrogens (tertiary/aromatic N) is 2. The van der Waals surface area contributed by atoms with Crippen LogP contribution in [0, 0.1) is 11.3 Å². The van der Waals surface area contributed by atoms with Gasteiger partial charge in [0.25, 0.3) is 0 Å². The molecule has 1 heterocycles. The zero-order valence-corrected chi connectivity index (χ0v) is 12.6. The van der Waals surface area contributed by atoms with Gasteiger partial charge in [0.2, 0.25) is 5.91 Å². The molecule has 0 spiro atoms. The minimum absolute atomic E-state index is 0.0440. The second kappa shape index (κ2) is 6.72. The molecule has 5 nitrogen and oxygen atoms in total. The van der Waals surface area contributed by atoms with Crippen molar-refractivity contribution in [3.8, 4) is 6.07 Å². The summed E-state index contributed by atoms with van der Waals surface area (Å²) in [6.07, 6.45) is 3.35. The molecule has 0 saturated carbocycles. The fourth-order valence-corrected chi connectivity index (χ4v) is 3.61. The number of nitriles is 1. The quantitative estimate of drug-likeness (QED) is 0.848. The standard InChI is InChI=1S/C15H18N2O3S/c16-12-13-5-7-14(8-6-13)21(19,20)11-10-17-9-3-1-2-4-15(17)18/h5-8H,1-4,9-11H2. The van der Waals surface area contributed by atoms with E-state index < -0.39 is 9.84 Å². The van der Waals surface area contributed by atoms with E-state index in [0.717, 1.165) is 19.3 Å². The summed E-state index contributed by atoms with van der Waals surface area (Å²) in [5.41, 5.74) is 0.427. The molecule has 112 valence electrons. The number of amides is 1. The van der Waals surface area contributed by atoms with E-state index in [1.165, 1.54) is 24.3 Å². The van der Waals surface area contributed by atoms with Crippen molar-refractivity contribution in [3.63, 3.8) is 0 Å². The summed E-state index contributed by atoms with van der Waals surface area (Å²) < 4.78 is 24.5. The molecule has 0 unspecified atom stereocenters. The van der Waals surface area contributed by atoms with Gasteiger partial charge in [-0.2, -0.15) is 5.26 Å². The van der Waals surface area contributed by atoms with E-state index in [9.17, 15) is 13.2 Å². The van der Waals surface area contributed by atoms with Gasteiger partial charge in [-0.15, -0.1) is 0 Å². The van der Waals surface area contributed by atoms with Crippen LogP contribution in [0.2, 0.25) is 0 Å². The Kier molecular flexibility index (Phi) is 4.97. The van der Waals surface area contributed by atoms with Crippen molar-refractivity contribution < 1.29 is 13.2 Å².